The van der Waals surface area contributed by atoms with Gasteiger partial charge in [-0.15, -0.1) is 0 Å². The van der Waals surface area contributed by atoms with Crippen molar-refractivity contribution in [1.82, 2.24) is 0 Å². The van der Waals surface area contributed by atoms with Crippen molar-refractivity contribution >= 4 is 17.7 Å². The Morgan fingerprint density at radius 1 is 1.23 bits per heavy atom. The number of allylic oxidation sites excluding steroid dienone is 1. The lowest BCUT2D eigenvalue weighted by molar-refractivity contribution is -0.145. The molecule has 1 aromatic carbocycles. The van der Waals surface area contributed by atoms with Crippen LogP contribution in [0.1, 0.15) is 40.0 Å². The summed E-state index contributed by atoms with van der Waals surface area (Å²) in [7, 11) is 1.47. The fraction of sp³-hybridized carbons (Fsp3) is 0.526. The van der Waals surface area contributed by atoms with Gasteiger partial charge in [-0.1, -0.05) is 56.8 Å². The molecule has 0 spiro atoms. The molecule has 0 aliphatic heterocycles. The van der Waals surface area contributed by atoms with Crippen LogP contribution in [0.5, 0.6) is 0 Å². The topological polar surface area (TPSA) is 26.3 Å². The largest absolute Gasteiger partial charge is 0.469 e. The Bertz CT molecular complexity index is 454. The second-order valence-corrected chi connectivity index (χ2v) is 6.85. The van der Waals surface area contributed by atoms with E-state index in [-0.39, 0.29) is 11.9 Å². The molecule has 122 valence electrons. The second-order valence-electron chi connectivity index (χ2n) is 5.87. The number of rotatable bonds is 9. The first kappa shape index (κ1) is 18.8. The predicted molar refractivity (Wildman–Crippen MR) is 94.8 cm³/mol. The van der Waals surface area contributed by atoms with E-state index in [1.54, 1.807) is 11.8 Å². The highest BCUT2D eigenvalue weighted by atomic mass is 32.2. The van der Waals surface area contributed by atoms with Gasteiger partial charge in [-0.2, -0.15) is 0 Å². The highest BCUT2D eigenvalue weighted by molar-refractivity contribution is 8.02. The number of benzene rings is 1. The van der Waals surface area contributed by atoms with Crippen LogP contribution < -0.4 is 0 Å². The first-order chi connectivity index (χ1) is 10.6. The van der Waals surface area contributed by atoms with E-state index in [1.165, 1.54) is 12.0 Å². The van der Waals surface area contributed by atoms with E-state index in [2.05, 4.69) is 49.6 Å². The molecule has 1 rings (SSSR count). The standard InChI is InChI=1S/C19H28O2S/c1-5-16(19(20)21-4)11-12-17(15(2)3)13-14-22-18-9-7-6-8-10-18/h6-10,13-17H,5,11-12H2,1-4H3/t16?,17-/m1/s1. The third kappa shape index (κ3) is 6.69. The van der Waals surface area contributed by atoms with Crippen molar-refractivity contribution in [3.63, 3.8) is 0 Å². The third-order valence-electron chi connectivity index (χ3n) is 4.01. The number of thioether (sulfide) groups is 1. The molecule has 2 atom stereocenters. The van der Waals surface area contributed by atoms with Crippen molar-refractivity contribution in [1.29, 1.82) is 0 Å². The molecule has 0 aliphatic carbocycles. The van der Waals surface area contributed by atoms with Crippen LogP contribution in [0, 0.1) is 17.8 Å². The van der Waals surface area contributed by atoms with Gasteiger partial charge in [-0.3, -0.25) is 4.79 Å². The van der Waals surface area contributed by atoms with Crippen molar-refractivity contribution in [3.8, 4) is 0 Å². The second kappa shape index (κ2) is 10.5. The minimum atomic E-state index is -0.0763. The van der Waals surface area contributed by atoms with Crippen molar-refractivity contribution in [2.24, 2.45) is 17.8 Å². The zero-order valence-electron chi connectivity index (χ0n) is 14.1. The maximum absolute atomic E-state index is 11.7. The molecule has 0 radical (unpaired) electrons. The first-order valence-corrected chi connectivity index (χ1v) is 8.92. The molecule has 0 fully saturated rings. The van der Waals surface area contributed by atoms with Crippen LogP contribution in [0.25, 0.3) is 0 Å². The quantitative estimate of drug-likeness (QED) is 0.441. The summed E-state index contributed by atoms with van der Waals surface area (Å²) in [6.07, 6.45) is 5.05. The van der Waals surface area contributed by atoms with Crippen LogP contribution in [0.3, 0.4) is 0 Å². The number of ether oxygens (including phenoxy) is 1. The minimum absolute atomic E-state index is 0.0291. The fourth-order valence-corrected chi connectivity index (χ4v) is 3.17. The molecule has 1 unspecified atom stereocenters. The van der Waals surface area contributed by atoms with E-state index < -0.39 is 0 Å². The molecular formula is C19H28O2S. The molecule has 0 aliphatic rings. The van der Waals surface area contributed by atoms with E-state index in [0.29, 0.717) is 11.8 Å². The average Bonchev–Trinajstić information content (AvgIpc) is 2.54. The summed E-state index contributed by atoms with van der Waals surface area (Å²) < 4.78 is 4.87. The van der Waals surface area contributed by atoms with Gasteiger partial charge in [0.25, 0.3) is 0 Å². The lowest BCUT2D eigenvalue weighted by Gasteiger charge is -2.19. The number of carbonyl (C=O) groups excluding carboxylic acids is 1. The highest BCUT2D eigenvalue weighted by Crippen LogP contribution is 2.26. The summed E-state index contributed by atoms with van der Waals surface area (Å²) in [4.78, 5) is 12.9. The Labute approximate surface area is 139 Å². The van der Waals surface area contributed by atoms with Gasteiger partial charge in [0.2, 0.25) is 0 Å². The van der Waals surface area contributed by atoms with Crippen LogP contribution in [0.15, 0.2) is 46.7 Å². The Balaban J connectivity index is 2.53. The Morgan fingerprint density at radius 3 is 2.45 bits per heavy atom. The maximum Gasteiger partial charge on any atom is 0.308 e. The predicted octanol–water partition coefficient (Wildman–Crippen LogP) is 5.54. The third-order valence-corrected chi connectivity index (χ3v) is 4.84. The molecule has 0 saturated heterocycles. The Hall–Kier alpha value is -1.22. The van der Waals surface area contributed by atoms with Gasteiger partial charge in [0.1, 0.15) is 0 Å². The summed E-state index contributed by atoms with van der Waals surface area (Å²) in [5.74, 6) is 1.02. The van der Waals surface area contributed by atoms with E-state index in [1.807, 2.05) is 13.0 Å². The molecule has 2 nitrogen and oxygen atoms in total. The van der Waals surface area contributed by atoms with E-state index >= 15 is 0 Å². The van der Waals surface area contributed by atoms with Crippen LogP contribution in [0.4, 0.5) is 0 Å². The van der Waals surface area contributed by atoms with Crippen LogP contribution >= 0.6 is 11.8 Å². The Morgan fingerprint density at radius 2 is 1.91 bits per heavy atom. The van der Waals surface area contributed by atoms with Crippen LogP contribution in [-0.2, 0) is 9.53 Å². The number of esters is 1. The van der Waals surface area contributed by atoms with Gasteiger partial charge < -0.3 is 4.74 Å². The number of hydrogen-bond acceptors (Lipinski definition) is 3. The first-order valence-electron chi connectivity index (χ1n) is 8.04. The summed E-state index contributed by atoms with van der Waals surface area (Å²) in [5, 5.41) is 2.18. The molecule has 0 amide bonds. The van der Waals surface area contributed by atoms with E-state index in [4.69, 9.17) is 4.74 Å². The lowest BCUT2D eigenvalue weighted by Crippen LogP contribution is -2.17. The zero-order chi connectivity index (χ0) is 16.4. The minimum Gasteiger partial charge on any atom is -0.469 e. The van der Waals surface area contributed by atoms with Gasteiger partial charge in [-0.05, 0) is 48.6 Å². The summed E-state index contributed by atoms with van der Waals surface area (Å²) in [5.41, 5.74) is 0. The van der Waals surface area contributed by atoms with Gasteiger partial charge in [0, 0.05) is 4.90 Å². The highest BCUT2D eigenvalue weighted by Gasteiger charge is 2.19. The van der Waals surface area contributed by atoms with Crippen LogP contribution in [-0.4, -0.2) is 13.1 Å². The molecule has 0 heterocycles. The van der Waals surface area contributed by atoms with Gasteiger partial charge in [0.05, 0.1) is 13.0 Å². The molecule has 0 bridgehead atoms. The van der Waals surface area contributed by atoms with Gasteiger partial charge >= 0.3 is 5.97 Å². The summed E-state index contributed by atoms with van der Waals surface area (Å²) in [6, 6.07) is 10.4. The molecule has 22 heavy (non-hydrogen) atoms. The summed E-state index contributed by atoms with van der Waals surface area (Å²) in [6.45, 7) is 6.52. The zero-order valence-corrected chi connectivity index (χ0v) is 14.9. The van der Waals surface area contributed by atoms with Crippen molar-refractivity contribution < 1.29 is 9.53 Å². The number of methoxy groups -OCH3 is 1. The number of hydrogen-bond donors (Lipinski definition) is 0. The molecular weight excluding hydrogens is 292 g/mol. The van der Waals surface area contributed by atoms with Crippen molar-refractivity contribution in [2.45, 2.75) is 44.9 Å². The monoisotopic (exact) mass is 320 g/mol. The molecule has 0 N–H and O–H groups in total. The van der Waals surface area contributed by atoms with Crippen molar-refractivity contribution in [2.75, 3.05) is 7.11 Å². The number of carbonyl (C=O) groups is 1. The van der Waals surface area contributed by atoms with E-state index in [9.17, 15) is 4.79 Å². The van der Waals surface area contributed by atoms with Crippen LogP contribution in [0.2, 0.25) is 0 Å². The summed E-state index contributed by atoms with van der Waals surface area (Å²) >= 11 is 1.74. The van der Waals surface area contributed by atoms with Gasteiger partial charge in [-0.25, -0.2) is 0 Å². The smallest absolute Gasteiger partial charge is 0.308 e. The maximum atomic E-state index is 11.7. The average molecular weight is 320 g/mol. The molecule has 3 heteroatoms. The normalized spacial score (nSPS) is 14.2. The molecule has 0 aromatic heterocycles. The SMILES string of the molecule is CCC(CC[C@H](C=CSc1ccccc1)C(C)C)C(=O)OC. The lowest BCUT2D eigenvalue weighted by atomic mass is 9.87. The van der Waals surface area contributed by atoms with Gasteiger partial charge in [0.15, 0.2) is 0 Å². The molecule has 1 aromatic rings. The molecule has 0 saturated carbocycles. The van der Waals surface area contributed by atoms with Crippen molar-refractivity contribution in [3.05, 3.63) is 41.8 Å². The van der Waals surface area contributed by atoms with E-state index in [0.717, 1.165) is 19.3 Å². The Kier molecular flexibility index (Phi) is 8.98. The fourth-order valence-electron chi connectivity index (χ4n) is 2.42.